The second kappa shape index (κ2) is 12.1. The zero-order chi connectivity index (χ0) is 25.5. The van der Waals surface area contributed by atoms with Crippen molar-refractivity contribution in [3.05, 3.63) is 83.9 Å². The molecule has 0 aromatic heterocycles. The first kappa shape index (κ1) is 26.5. The molecule has 0 aliphatic carbocycles. The summed E-state index contributed by atoms with van der Waals surface area (Å²) in [4.78, 5) is 6.68. The van der Waals surface area contributed by atoms with Gasteiger partial charge in [-0.3, -0.25) is 9.45 Å². The van der Waals surface area contributed by atoms with Crippen molar-refractivity contribution in [2.45, 2.75) is 36.0 Å². The van der Waals surface area contributed by atoms with E-state index in [0.29, 0.717) is 12.3 Å². The number of benzene rings is 3. The highest BCUT2D eigenvalue weighted by atomic mass is 32.2. The van der Waals surface area contributed by atoms with Crippen molar-refractivity contribution in [1.82, 2.24) is 4.90 Å². The molecule has 5 rings (SSSR count). The average molecular weight is 527 g/mol. The van der Waals surface area contributed by atoms with Crippen LogP contribution >= 0.6 is 11.8 Å². The number of methoxy groups -OCH3 is 1. The zero-order valence-corrected chi connectivity index (χ0v) is 22.5. The Labute approximate surface area is 219 Å². The molecule has 36 heavy (non-hydrogen) atoms. The smallest absolute Gasteiger partial charge is 0.261 e. The predicted molar refractivity (Wildman–Crippen MR) is 148 cm³/mol. The first-order valence-corrected chi connectivity index (χ1v) is 15.0. The summed E-state index contributed by atoms with van der Waals surface area (Å²) in [6.45, 7) is 3.37. The number of nitrogens with zero attached hydrogens (tertiary/aromatic N) is 2. The van der Waals surface area contributed by atoms with Crippen LogP contribution in [0, 0.1) is 0 Å². The summed E-state index contributed by atoms with van der Waals surface area (Å²) in [5.41, 5.74) is 5.56. The van der Waals surface area contributed by atoms with Crippen molar-refractivity contribution in [3.8, 4) is 5.75 Å². The summed E-state index contributed by atoms with van der Waals surface area (Å²) in [6.07, 6.45) is 4.37. The Hall–Kier alpha value is -2.52. The third kappa shape index (κ3) is 7.26. The van der Waals surface area contributed by atoms with E-state index in [1.165, 1.54) is 46.8 Å². The number of likely N-dealkylation sites (tertiary alicyclic amines) is 1. The van der Waals surface area contributed by atoms with Crippen LogP contribution in [0.5, 0.6) is 5.75 Å². The maximum atomic E-state index is 9.19. The minimum Gasteiger partial charge on any atom is -0.497 e. The molecule has 3 aromatic rings. The average Bonchev–Trinajstić information content (AvgIpc) is 3.25. The molecule has 0 spiro atoms. The Morgan fingerprint density at radius 3 is 2.39 bits per heavy atom. The molecule has 0 radical (unpaired) electrons. The zero-order valence-electron chi connectivity index (χ0n) is 20.8. The Morgan fingerprint density at radius 2 is 1.67 bits per heavy atom. The van der Waals surface area contributed by atoms with E-state index in [0.717, 1.165) is 31.0 Å². The molecule has 1 fully saturated rings. The lowest BCUT2D eigenvalue weighted by Gasteiger charge is -2.33. The number of para-hydroxylation sites is 2. The fourth-order valence-electron chi connectivity index (χ4n) is 4.85. The van der Waals surface area contributed by atoms with Gasteiger partial charge in [-0.15, -0.1) is 11.8 Å². The van der Waals surface area contributed by atoms with Crippen molar-refractivity contribution < 1.29 is 17.7 Å². The molecule has 0 bridgehead atoms. The van der Waals surface area contributed by atoms with Crippen molar-refractivity contribution in [3.63, 3.8) is 0 Å². The van der Waals surface area contributed by atoms with Gasteiger partial charge in [0.2, 0.25) is 0 Å². The number of hydrogen-bond acceptors (Lipinski definition) is 6. The third-order valence-corrected chi connectivity index (χ3v) is 7.67. The van der Waals surface area contributed by atoms with Gasteiger partial charge in [0.25, 0.3) is 10.1 Å². The van der Waals surface area contributed by atoms with E-state index in [4.69, 9.17) is 9.29 Å². The molecule has 2 heterocycles. The lowest BCUT2D eigenvalue weighted by atomic mass is 10.1. The molecule has 0 unspecified atom stereocenters. The van der Waals surface area contributed by atoms with Gasteiger partial charge in [-0.25, -0.2) is 0 Å². The summed E-state index contributed by atoms with van der Waals surface area (Å²) in [5.74, 6) is 1.97. The van der Waals surface area contributed by atoms with Gasteiger partial charge in [0.1, 0.15) is 5.75 Å². The van der Waals surface area contributed by atoms with Crippen LogP contribution in [0.15, 0.2) is 77.7 Å². The number of ether oxygens (including phenoxy) is 1. The highest BCUT2D eigenvalue weighted by Crippen LogP contribution is 2.43. The lowest BCUT2D eigenvalue weighted by molar-refractivity contribution is 0.261. The van der Waals surface area contributed by atoms with Gasteiger partial charge >= 0.3 is 0 Å². The van der Waals surface area contributed by atoms with Crippen LogP contribution in [0.25, 0.3) is 0 Å². The van der Waals surface area contributed by atoms with Gasteiger partial charge in [-0.1, -0.05) is 42.5 Å². The Balaban J connectivity index is 0.000000556. The number of anilines is 2. The number of thioether (sulfide) groups is 1. The van der Waals surface area contributed by atoms with Crippen LogP contribution in [0.1, 0.15) is 24.0 Å². The molecule has 1 saturated heterocycles. The molecular formula is C28H34N2O4S2. The van der Waals surface area contributed by atoms with Crippen LogP contribution in [-0.2, 0) is 22.3 Å². The predicted octanol–water partition coefficient (Wildman–Crippen LogP) is 5.65. The Kier molecular flexibility index (Phi) is 8.95. The van der Waals surface area contributed by atoms with Gasteiger partial charge in [0.05, 0.1) is 19.1 Å². The highest BCUT2D eigenvalue weighted by Gasteiger charge is 2.29. The van der Waals surface area contributed by atoms with Crippen LogP contribution in [-0.4, -0.2) is 56.9 Å². The maximum absolute atomic E-state index is 9.19. The van der Waals surface area contributed by atoms with E-state index in [9.17, 15) is 8.42 Å². The summed E-state index contributed by atoms with van der Waals surface area (Å²) in [7, 11) is -1.94. The molecule has 2 aliphatic heterocycles. The summed E-state index contributed by atoms with van der Waals surface area (Å²) in [5, 5.41) is 0. The first-order chi connectivity index (χ1) is 17.3. The molecule has 1 atom stereocenters. The number of rotatable bonds is 6. The maximum Gasteiger partial charge on any atom is 0.261 e. The molecule has 3 aromatic carbocycles. The van der Waals surface area contributed by atoms with Crippen molar-refractivity contribution in [1.29, 1.82) is 0 Å². The highest BCUT2D eigenvalue weighted by molar-refractivity contribution is 7.98. The van der Waals surface area contributed by atoms with Gasteiger partial charge in [0, 0.05) is 35.5 Å². The topological polar surface area (TPSA) is 70.1 Å². The van der Waals surface area contributed by atoms with Crippen molar-refractivity contribution in [2.24, 2.45) is 0 Å². The minimum absolute atomic E-state index is 0.586. The molecule has 0 saturated carbocycles. The Bertz CT molecular complexity index is 1190. The SMILES string of the molecule is COc1ccc(CCN2CCC[C@H]2CN2c3ccccc3CSc3ccccc32)cc1.CS(=O)(=O)O. The summed E-state index contributed by atoms with van der Waals surface area (Å²) in [6, 6.07) is 27.0. The molecule has 0 amide bonds. The second-order valence-corrected chi connectivity index (χ2v) is 11.6. The van der Waals surface area contributed by atoms with Gasteiger partial charge in [-0.2, -0.15) is 8.42 Å². The van der Waals surface area contributed by atoms with Gasteiger partial charge in [-0.05, 0) is 67.3 Å². The van der Waals surface area contributed by atoms with Crippen LogP contribution in [0.4, 0.5) is 11.4 Å². The van der Waals surface area contributed by atoms with Gasteiger partial charge < -0.3 is 9.64 Å². The van der Waals surface area contributed by atoms with Crippen LogP contribution in [0.2, 0.25) is 0 Å². The fourth-order valence-corrected chi connectivity index (χ4v) is 5.91. The van der Waals surface area contributed by atoms with E-state index in [1.807, 2.05) is 11.8 Å². The standard InChI is InChI=1S/C27H30N2OS.CH4O3S/c1-30-24-14-12-21(13-15-24)16-18-28-17-6-8-23(28)19-29-25-9-3-2-7-22(25)20-31-27-11-5-4-10-26(27)29;1-5(2,3)4/h2-5,7,9-15,23H,6,8,16-20H2,1H3;1H3,(H,2,3,4)/t23-;/m0./s1. The summed E-state index contributed by atoms with van der Waals surface area (Å²) >= 11 is 1.96. The van der Waals surface area contributed by atoms with E-state index < -0.39 is 10.1 Å². The largest absolute Gasteiger partial charge is 0.497 e. The van der Waals surface area contributed by atoms with Crippen LogP contribution in [0.3, 0.4) is 0 Å². The summed E-state index contributed by atoms with van der Waals surface area (Å²) < 4.78 is 31.2. The molecule has 8 heteroatoms. The van der Waals surface area contributed by atoms with E-state index in [-0.39, 0.29) is 0 Å². The van der Waals surface area contributed by atoms with E-state index in [2.05, 4.69) is 82.6 Å². The van der Waals surface area contributed by atoms with Gasteiger partial charge in [0.15, 0.2) is 0 Å². The lowest BCUT2D eigenvalue weighted by Crippen LogP contribution is -2.39. The normalized spacial score (nSPS) is 17.4. The minimum atomic E-state index is -3.67. The quantitative estimate of drug-likeness (QED) is 0.416. The Morgan fingerprint density at radius 1 is 1.00 bits per heavy atom. The monoisotopic (exact) mass is 526 g/mol. The molecule has 192 valence electrons. The molecule has 2 aliphatic rings. The fraction of sp³-hybridized carbons (Fsp3) is 0.357. The molecule has 1 N–H and O–H groups in total. The van der Waals surface area contributed by atoms with Crippen molar-refractivity contribution in [2.75, 3.05) is 37.9 Å². The first-order valence-electron chi connectivity index (χ1n) is 12.2. The van der Waals surface area contributed by atoms with Crippen molar-refractivity contribution >= 4 is 33.3 Å². The number of hydrogen-bond donors (Lipinski definition) is 1. The second-order valence-electron chi connectivity index (χ2n) is 9.16. The van der Waals surface area contributed by atoms with E-state index >= 15 is 0 Å². The third-order valence-electron chi connectivity index (χ3n) is 6.56. The van der Waals surface area contributed by atoms with E-state index in [1.54, 1.807) is 7.11 Å². The molecular weight excluding hydrogens is 492 g/mol. The molecule has 6 nitrogen and oxygen atoms in total. The van der Waals surface area contributed by atoms with Crippen LogP contribution < -0.4 is 9.64 Å². The number of fused-ring (bicyclic) bond motifs is 2.